The van der Waals surface area contributed by atoms with Crippen LogP contribution in [0.2, 0.25) is 0 Å². The summed E-state index contributed by atoms with van der Waals surface area (Å²) in [6.07, 6.45) is 6.69. The molecule has 1 saturated carbocycles. The summed E-state index contributed by atoms with van der Waals surface area (Å²) in [4.78, 5) is 14.6. The molecule has 21 heavy (non-hydrogen) atoms. The molecule has 0 spiro atoms. The zero-order chi connectivity index (χ0) is 15.0. The lowest BCUT2D eigenvalue weighted by Gasteiger charge is -2.35. The lowest BCUT2D eigenvalue weighted by atomic mass is 9.90. The van der Waals surface area contributed by atoms with Crippen molar-refractivity contribution in [1.29, 1.82) is 0 Å². The topological polar surface area (TPSA) is 58.4 Å². The summed E-state index contributed by atoms with van der Waals surface area (Å²) in [6, 6.07) is 0. The van der Waals surface area contributed by atoms with E-state index in [2.05, 4.69) is 12.0 Å². The van der Waals surface area contributed by atoms with Gasteiger partial charge in [-0.1, -0.05) is 6.92 Å². The maximum Gasteiger partial charge on any atom is 0.257 e. The van der Waals surface area contributed by atoms with E-state index in [1.165, 1.54) is 0 Å². The van der Waals surface area contributed by atoms with E-state index in [4.69, 9.17) is 0 Å². The number of aryl methyl sites for hydroxylation is 2. The van der Waals surface area contributed by atoms with Crippen LogP contribution >= 0.6 is 0 Å². The van der Waals surface area contributed by atoms with Crippen LogP contribution in [-0.2, 0) is 6.54 Å². The third-order valence-electron chi connectivity index (χ3n) is 4.86. The van der Waals surface area contributed by atoms with Gasteiger partial charge in [0.15, 0.2) is 0 Å². The molecule has 5 heteroatoms. The molecule has 1 aliphatic heterocycles. The molecule has 1 unspecified atom stereocenters. The molecule has 5 nitrogen and oxygen atoms in total. The fourth-order valence-electron chi connectivity index (χ4n) is 3.38. The average molecular weight is 291 g/mol. The van der Waals surface area contributed by atoms with Crippen molar-refractivity contribution in [3.63, 3.8) is 0 Å². The minimum Gasteiger partial charge on any atom is -0.390 e. The number of amides is 1. The number of likely N-dealkylation sites (tertiary alicyclic amines) is 1. The zero-order valence-electron chi connectivity index (χ0n) is 13.0. The molecule has 0 aromatic carbocycles. The van der Waals surface area contributed by atoms with Crippen LogP contribution in [0.15, 0.2) is 6.20 Å². The normalized spacial score (nSPS) is 24.1. The Balaban J connectivity index is 1.72. The van der Waals surface area contributed by atoms with Gasteiger partial charge in [0.05, 0.1) is 16.9 Å². The second kappa shape index (κ2) is 5.44. The highest BCUT2D eigenvalue weighted by molar-refractivity contribution is 5.95. The van der Waals surface area contributed by atoms with Gasteiger partial charge in [-0.3, -0.25) is 9.48 Å². The Morgan fingerprint density at radius 3 is 2.95 bits per heavy atom. The first-order chi connectivity index (χ1) is 10.0. The molecule has 1 atom stereocenters. The fraction of sp³-hybridized carbons (Fsp3) is 0.750. The van der Waals surface area contributed by atoms with E-state index in [1.54, 1.807) is 0 Å². The van der Waals surface area contributed by atoms with Crippen LogP contribution in [0.4, 0.5) is 0 Å². The predicted molar refractivity (Wildman–Crippen MR) is 80.1 cm³/mol. The second-order valence-corrected chi connectivity index (χ2v) is 6.59. The minimum atomic E-state index is -0.486. The fourth-order valence-corrected chi connectivity index (χ4v) is 3.38. The van der Waals surface area contributed by atoms with Crippen LogP contribution in [0, 0.1) is 12.8 Å². The van der Waals surface area contributed by atoms with Crippen molar-refractivity contribution in [2.45, 2.75) is 58.1 Å². The van der Waals surface area contributed by atoms with Crippen LogP contribution in [0.25, 0.3) is 0 Å². The highest BCUT2D eigenvalue weighted by Gasteiger charge is 2.49. The van der Waals surface area contributed by atoms with Gasteiger partial charge in [-0.15, -0.1) is 0 Å². The van der Waals surface area contributed by atoms with E-state index in [0.29, 0.717) is 12.1 Å². The standard InChI is InChI=1S/C16H25N3O2/c1-3-8-19-11-14(12(2)17-19)15(20)18-9-4-5-13(10-18)16(21)6-7-16/h11,13,21H,3-10H2,1-2H3. The quantitative estimate of drug-likeness (QED) is 0.923. The third-order valence-corrected chi connectivity index (χ3v) is 4.86. The Morgan fingerprint density at radius 1 is 1.52 bits per heavy atom. The molecule has 0 radical (unpaired) electrons. The van der Waals surface area contributed by atoms with Crippen molar-refractivity contribution in [2.75, 3.05) is 13.1 Å². The SMILES string of the molecule is CCCn1cc(C(=O)N2CCCC(C3(O)CC3)C2)c(C)n1. The second-order valence-electron chi connectivity index (χ2n) is 6.59. The van der Waals surface area contributed by atoms with Crippen molar-refractivity contribution in [3.05, 3.63) is 17.5 Å². The molecular weight excluding hydrogens is 266 g/mol. The van der Waals surface area contributed by atoms with Crippen molar-refractivity contribution in [3.8, 4) is 0 Å². The van der Waals surface area contributed by atoms with E-state index in [9.17, 15) is 9.90 Å². The number of rotatable bonds is 4. The Morgan fingerprint density at radius 2 is 2.29 bits per heavy atom. The van der Waals surface area contributed by atoms with Crippen LogP contribution in [-0.4, -0.2) is 44.4 Å². The molecule has 1 saturated heterocycles. The van der Waals surface area contributed by atoms with Crippen molar-refractivity contribution < 1.29 is 9.90 Å². The number of piperidine rings is 1. The van der Waals surface area contributed by atoms with E-state index in [1.807, 2.05) is 22.7 Å². The molecule has 1 amide bonds. The largest absolute Gasteiger partial charge is 0.390 e. The van der Waals surface area contributed by atoms with Crippen LogP contribution in [0.3, 0.4) is 0 Å². The number of hydrogen-bond donors (Lipinski definition) is 1. The summed E-state index contributed by atoms with van der Waals surface area (Å²) in [5.74, 6) is 0.324. The van der Waals surface area contributed by atoms with Gasteiger partial charge in [-0.25, -0.2) is 0 Å². The summed E-state index contributed by atoms with van der Waals surface area (Å²) in [7, 11) is 0. The minimum absolute atomic E-state index is 0.0730. The maximum atomic E-state index is 12.7. The van der Waals surface area contributed by atoms with Gasteiger partial charge in [-0.2, -0.15) is 5.10 Å². The van der Waals surface area contributed by atoms with Gasteiger partial charge in [-0.05, 0) is 39.0 Å². The Kier molecular flexibility index (Phi) is 3.78. The van der Waals surface area contributed by atoms with Crippen LogP contribution in [0.5, 0.6) is 0 Å². The van der Waals surface area contributed by atoms with Gasteiger partial charge in [0.1, 0.15) is 0 Å². The van der Waals surface area contributed by atoms with Crippen LogP contribution in [0.1, 0.15) is 55.1 Å². The van der Waals surface area contributed by atoms with Crippen molar-refractivity contribution >= 4 is 5.91 Å². The number of carbonyl (C=O) groups is 1. The molecule has 2 aliphatic rings. The lowest BCUT2D eigenvalue weighted by Crippen LogP contribution is -2.44. The van der Waals surface area contributed by atoms with Gasteiger partial charge >= 0.3 is 0 Å². The molecule has 116 valence electrons. The monoisotopic (exact) mass is 291 g/mol. The number of nitrogens with zero attached hydrogens (tertiary/aromatic N) is 3. The highest BCUT2D eigenvalue weighted by Crippen LogP contribution is 2.45. The average Bonchev–Trinajstić information content (AvgIpc) is 3.13. The van der Waals surface area contributed by atoms with E-state index >= 15 is 0 Å². The van der Waals surface area contributed by atoms with E-state index < -0.39 is 5.60 Å². The molecule has 2 fully saturated rings. The summed E-state index contributed by atoms with van der Waals surface area (Å²) >= 11 is 0. The van der Waals surface area contributed by atoms with E-state index in [-0.39, 0.29) is 11.8 Å². The molecule has 2 heterocycles. The van der Waals surface area contributed by atoms with E-state index in [0.717, 1.165) is 50.9 Å². The van der Waals surface area contributed by atoms with Gasteiger partial charge < -0.3 is 10.0 Å². The smallest absolute Gasteiger partial charge is 0.257 e. The summed E-state index contributed by atoms with van der Waals surface area (Å²) < 4.78 is 1.86. The first-order valence-electron chi connectivity index (χ1n) is 8.09. The molecule has 3 rings (SSSR count). The molecule has 1 N–H and O–H groups in total. The van der Waals surface area contributed by atoms with Crippen molar-refractivity contribution in [1.82, 2.24) is 14.7 Å². The van der Waals surface area contributed by atoms with Gasteiger partial charge in [0, 0.05) is 31.7 Å². The van der Waals surface area contributed by atoms with Crippen LogP contribution < -0.4 is 0 Å². The third kappa shape index (κ3) is 2.84. The highest BCUT2D eigenvalue weighted by atomic mass is 16.3. The summed E-state index contributed by atoms with van der Waals surface area (Å²) in [5, 5.41) is 14.7. The maximum absolute atomic E-state index is 12.7. The first-order valence-corrected chi connectivity index (χ1v) is 8.09. The zero-order valence-corrected chi connectivity index (χ0v) is 13.0. The first kappa shape index (κ1) is 14.6. The Hall–Kier alpha value is -1.36. The molecule has 1 aromatic rings. The molecule has 1 aliphatic carbocycles. The lowest BCUT2D eigenvalue weighted by molar-refractivity contribution is 0.0282. The number of aromatic nitrogens is 2. The molecule has 0 bridgehead atoms. The number of hydrogen-bond acceptors (Lipinski definition) is 3. The molecule has 1 aromatic heterocycles. The summed E-state index contributed by atoms with van der Waals surface area (Å²) in [6.45, 7) is 6.33. The van der Waals surface area contributed by atoms with Gasteiger partial charge in [0.2, 0.25) is 0 Å². The molecular formula is C16H25N3O2. The van der Waals surface area contributed by atoms with Crippen molar-refractivity contribution in [2.24, 2.45) is 5.92 Å². The van der Waals surface area contributed by atoms with Gasteiger partial charge in [0.25, 0.3) is 5.91 Å². The summed E-state index contributed by atoms with van der Waals surface area (Å²) in [5.41, 5.74) is 1.04. The number of carbonyl (C=O) groups excluding carboxylic acids is 1. The number of aliphatic hydroxyl groups is 1. The Labute approximate surface area is 125 Å². The Bertz CT molecular complexity index is 534. The predicted octanol–water partition coefficient (Wildman–Crippen LogP) is 1.98.